The van der Waals surface area contributed by atoms with Crippen molar-refractivity contribution in [1.29, 1.82) is 0 Å². The van der Waals surface area contributed by atoms with E-state index in [2.05, 4.69) is 13.8 Å². The lowest BCUT2D eigenvalue weighted by Crippen LogP contribution is -2.38. The number of carbonyl (C=O) groups is 1. The van der Waals surface area contributed by atoms with Gasteiger partial charge < -0.3 is 5.11 Å². The SMILES string of the molecule is CCC1CCC(C2(C(=O)O)CCC(CC)C2)CC1. The average molecular weight is 252 g/mol. The molecule has 2 aliphatic rings. The predicted octanol–water partition coefficient (Wildman–Crippen LogP) is 4.48. The molecule has 2 rings (SSSR count). The molecule has 2 nitrogen and oxygen atoms in total. The first-order valence-electron chi connectivity index (χ1n) is 7.85. The van der Waals surface area contributed by atoms with Crippen molar-refractivity contribution in [3.05, 3.63) is 0 Å². The lowest BCUT2D eigenvalue weighted by Gasteiger charge is -2.39. The number of carboxylic acid groups (broad SMARTS) is 1. The Bertz CT molecular complexity index is 291. The molecule has 0 radical (unpaired) electrons. The first-order chi connectivity index (χ1) is 8.62. The fourth-order valence-corrected chi connectivity index (χ4v) is 4.39. The van der Waals surface area contributed by atoms with E-state index >= 15 is 0 Å². The maximum Gasteiger partial charge on any atom is 0.309 e. The number of aliphatic carboxylic acids is 1. The van der Waals surface area contributed by atoms with Crippen LogP contribution in [0.2, 0.25) is 0 Å². The number of rotatable bonds is 4. The molecule has 2 saturated carbocycles. The summed E-state index contributed by atoms with van der Waals surface area (Å²) >= 11 is 0. The number of hydrogen-bond acceptors (Lipinski definition) is 1. The van der Waals surface area contributed by atoms with E-state index in [1.807, 2.05) is 0 Å². The van der Waals surface area contributed by atoms with Crippen molar-refractivity contribution < 1.29 is 9.90 Å². The molecule has 0 aromatic rings. The first-order valence-corrected chi connectivity index (χ1v) is 7.85. The Morgan fingerprint density at radius 3 is 2.11 bits per heavy atom. The van der Waals surface area contributed by atoms with Gasteiger partial charge in [-0.1, -0.05) is 39.5 Å². The Labute approximate surface area is 111 Å². The molecule has 0 aromatic carbocycles. The fourth-order valence-electron chi connectivity index (χ4n) is 4.39. The van der Waals surface area contributed by atoms with Gasteiger partial charge in [-0.15, -0.1) is 0 Å². The molecule has 0 heterocycles. The van der Waals surface area contributed by atoms with Crippen LogP contribution in [0.4, 0.5) is 0 Å². The molecule has 0 saturated heterocycles. The Morgan fingerprint density at radius 2 is 1.67 bits per heavy atom. The Kier molecular flexibility index (Phi) is 4.34. The van der Waals surface area contributed by atoms with E-state index in [9.17, 15) is 9.90 Å². The maximum absolute atomic E-state index is 11.8. The van der Waals surface area contributed by atoms with E-state index in [1.54, 1.807) is 0 Å². The molecule has 18 heavy (non-hydrogen) atoms. The zero-order valence-electron chi connectivity index (χ0n) is 12.0. The third-order valence-corrected chi connectivity index (χ3v) is 5.86. The third kappa shape index (κ3) is 2.44. The minimum atomic E-state index is -0.501. The van der Waals surface area contributed by atoms with Crippen LogP contribution in [-0.4, -0.2) is 11.1 Å². The third-order valence-electron chi connectivity index (χ3n) is 5.86. The molecule has 2 heteroatoms. The lowest BCUT2D eigenvalue weighted by molar-refractivity contribution is -0.153. The first kappa shape index (κ1) is 13.9. The van der Waals surface area contributed by atoms with E-state index < -0.39 is 5.97 Å². The van der Waals surface area contributed by atoms with Crippen molar-refractivity contribution in [3.8, 4) is 0 Å². The van der Waals surface area contributed by atoms with Gasteiger partial charge in [-0.05, 0) is 49.9 Å². The molecule has 2 atom stereocenters. The van der Waals surface area contributed by atoms with Crippen LogP contribution < -0.4 is 0 Å². The molecule has 2 aliphatic carbocycles. The summed E-state index contributed by atoms with van der Waals surface area (Å²) in [5.41, 5.74) is -0.362. The molecule has 1 N–H and O–H groups in total. The molecular weight excluding hydrogens is 224 g/mol. The zero-order chi connectivity index (χ0) is 13.2. The fraction of sp³-hybridized carbons (Fsp3) is 0.938. The van der Waals surface area contributed by atoms with E-state index in [-0.39, 0.29) is 5.41 Å². The van der Waals surface area contributed by atoms with Crippen LogP contribution in [0.15, 0.2) is 0 Å². The highest BCUT2D eigenvalue weighted by Gasteiger charge is 2.50. The Hall–Kier alpha value is -0.530. The molecule has 0 spiro atoms. The molecule has 2 unspecified atom stereocenters. The number of hydrogen-bond donors (Lipinski definition) is 1. The molecule has 104 valence electrons. The average Bonchev–Trinajstić information content (AvgIpc) is 2.84. The van der Waals surface area contributed by atoms with Gasteiger partial charge in [-0.2, -0.15) is 0 Å². The van der Waals surface area contributed by atoms with E-state index in [0.29, 0.717) is 11.8 Å². The van der Waals surface area contributed by atoms with E-state index in [1.165, 1.54) is 19.3 Å². The van der Waals surface area contributed by atoms with Crippen molar-refractivity contribution in [2.75, 3.05) is 0 Å². The van der Waals surface area contributed by atoms with Crippen LogP contribution in [0, 0.1) is 23.2 Å². The van der Waals surface area contributed by atoms with Crippen LogP contribution in [0.1, 0.15) is 71.6 Å². The second-order valence-electron chi connectivity index (χ2n) is 6.60. The second-order valence-corrected chi connectivity index (χ2v) is 6.60. The molecule has 0 amide bonds. The zero-order valence-corrected chi connectivity index (χ0v) is 12.0. The summed E-state index contributed by atoms with van der Waals surface area (Å²) in [7, 11) is 0. The Morgan fingerprint density at radius 1 is 1.06 bits per heavy atom. The summed E-state index contributed by atoms with van der Waals surface area (Å²) in [5.74, 6) is 1.47. The topological polar surface area (TPSA) is 37.3 Å². The van der Waals surface area contributed by atoms with Crippen molar-refractivity contribution in [3.63, 3.8) is 0 Å². The van der Waals surface area contributed by atoms with Crippen LogP contribution in [-0.2, 0) is 4.79 Å². The van der Waals surface area contributed by atoms with Gasteiger partial charge in [0, 0.05) is 0 Å². The van der Waals surface area contributed by atoms with Crippen molar-refractivity contribution >= 4 is 5.97 Å². The Balaban J connectivity index is 2.05. The molecule has 0 aliphatic heterocycles. The molecular formula is C16H28O2. The van der Waals surface area contributed by atoms with Crippen molar-refractivity contribution in [1.82, 2.24) is 0 Å². The smallest absolute Gasteiger partial charge is 0.309 e. The van der Waals surface area contributed by atoms with Crippen LogP contribution in [0.25, 0.3) is 0 Å². The van der Waals surface area contributed by atoms with E-state index in [4.69, 9.17) is 0 Å². The van der Waals surface area contributed by atoms with E-state index in [0.717, 1.165) is 44.4 Å². The van der Waals surface area contributed by atoms with Crippen LogP contribution >= 0.6 is 0 Å². The minimum Gasteiger partial charge on any atom is -0.481 e. The quantitative estimate of drug-likeness (QED) is 0.800. The highest BCUT2D eigenvalue weighted by molar-refractivity contribution is 5.75. The lowest BCUT2D eigenvalue weighted by atomic mass is 9.65. The van der Waals surface area contributed by atoms with Crippen LogP contribution in [0.5, 0.6) is 0 Å². The second kappa shape index (κ2) is 5.63. The highest BCUT2D eigenvalue weighted by atomic mass is 16.4. The van der Waals surface area contributed by atoms with Crippen molar-refractivity contribution in [2.45, 2.75) is 71.6 Å². The summed E-state index contributed by atoms with van der Waals surface area (Å²) in [6.07, 6.45) is 10.3. The largest absolute Gasteiger partial charge is 0.481 e. The van der Waals surface area contributed by atoms with Gasteiger partial charge in [0.1, 0.15) is 0 Å². The van der Waals surface area contributed by atoms with Gasteiger partial charge in [-0.3, -0.25) is 4.79 Å². The number of carboxylic acids is 1. The molecule has 0 bridgehead atoms. The summed E-state index contributed by atoms with van der Waals surface area (Å²) in [6, 6.07) is 0. The van der Waals surface area contributed by atoms with Crippen LogP contribution in [0.3, 0.4) is 0 Å². The van der Waals surface area contributed by atoms with Gasteiger partial charge >= 0.3 is 5.97 Å². The van der Waals surface area contributed by atoms with Gasteiger partial charge in [0.2, 0.25) is 0 Å². The van der Waals surface area contributed by atoms with Gasteiger partial charge in [0.05, 0.1) is 5.41 Å². The van der Waals surface area contributed by atoms with Gasteiger partial charge in [-0.25, -0.2) is 0 Å². The maximum atomic E-state index is 11.8. The standard InChI is InChI=1S/C16H28O2/c1-3-12-5-7-14(8-6-12)16(15(17)18)10-9-13(4-2)11-16/h12-14H,3-11H2,1-2H3,(H,17,18). The van der Waals surface area contributed by atoms with Crippen molar-refractivity contribution in [2.24, 2.45) is 23.2 Å². The minimum absolute atomic E-state index is 0.362. The van der Waals surface area contributed by atoms with Gasteiger partial charge in [0.25, 0.3) is 0 Å². The summed E-state index contributed by atoms with van der Waals surface area (Å²) in [5, 5.41) is 9.75. The normalized spacial score (nSPS) is 40.9. The summed E-state index contributed by atoms with van der Waals surface area (Å²) in [4.78, 5) is 11.8. The predicted molar refractivity (Wildman–Crippen MR) is 73.4 cm³/mol. The monoisotopic (exact) mass is 252 g/mol. The summed E-state index contributed by atoms with van der Waals surface area (Å²) < 4.78 is 0. The highest BCUT2D eigenvalue weighted by Crippen LogP contribution is 2.53. The summed E-state index contributed by atoms with van der Waals surface area (Å²) in [6.45, 7) is 4.47. The molecule has 0 aromatic heterocycles. The molecule has 2 fully saturated rings. The van der Waals surface area contributed by atoms with Gasteiger partial charge in [0.15, 0.2) is 0 Å².